The molecule has 106 valence electrons. The van der Waals surface area contributed by atoms with E-state index in [1.807, 2.05) is 12.1 Å². The Morgan fingerprint density at radius 2 is 2.10 bits per heavy atom. The van der Waals surface area contributed by atoms with Crippen LogP contribution in [0.4, 0.5) is 0 Å². The third-order valence-corrected chi connectivity index (χ3v) is 6.22. The Bertz CT molecular complexity index is 580. The molecule has 2 aliphatic rings. The van der Waals surface area contributed by atoms with Crippen LogP contribution in [-0.2, 0) is 0 Å². The van der Waals surface area contributed by atoms with Gasteiger partial charge in [-0.25, -0.2) is 0 Å². The molecular weight excluding hydrogens is 291 g/mol. The Hall–Kier alpha value is -0.750. The number of hydrogen-bond acceptors (Lipinski definition) is 2. The van der Waals surface area contributed by atoms with Gasteiger partial charge in [0.1, 0.15) is 5.54 Å². The highest BCUT2D eigenvalue weighted by Gasteiger charge is 2.55. The second-order valence-electron chi connectivity index (χ2n) is 6.14. The molecule has 0 aliphatic carbocycles. The highest BCUT2D eigenvalue weighted by molar-refractivity contribution is 6.42. The van der Waals surface area contributed by atoms with Gasteiger partial charge in [-0.15, -0.1) is 0 Å². The van der Waals surface area contributed by atoms with Gasteiger partial charge in [-0.3, -0.25) is 4.90 Å². The van der Waals surface area contributed by atoms with Gasteiger partial charge in [0.2, 0.25) is 0 Å². The second-order valence-corrected chi connectivity index (χ2v) is 6.96. The van der Waals surface area contributed by atoms with Gasteiger partial charge in [-0.2, -0.15) is 5.26 Å². The number of fused-ring (bicyclic) bond motifs is 2. The smallest absolute Gasteiger partial charge is 0.112 e. The first kappa shape index (κ1) is 14.2. The normalized spacial score (nSPS) is 36.9. The SMILES string of the molecule is C[C@@H]1[C@@H](c2ccc(Cl)c(Cl)c2)C[C@@H]2CC[C@@]1(C#N)N2C. The van der Waals surface area contributed by atoms with Gasteiger partial charge < -0.3 is 0 Å². The topological polar surface area (TPSA) is 27.0 Å². The van der Waals surface area contributed by atoms with E-state index in [4.69, 9.17) is 23.2 Å². The van der Waals surface area contributed by atoms with E-state index in [9.17, 15) is 5.26 Å². The number of piperidine rings is 1. The third-order valence-electron chi connectivity index (χ3n) is 5.48. The van der Waals surface area contributed by atoms with Gasteiger partial charge in [-0.05, 0) is 55.8 Å². The van der Waals surface area contributed by atoms with Crippen LogP contribution in [0.25, 0.3) is 0 Å². The maximum absolute atomic E-state index is 9.73. The monoisotopic (exact) mass is 308 g/mol. The summed E-state index contributed by atoms with van der Waals surface area (Å²) in [6.07, 6.45) is 3.19. The van der Waals surface area contributed by atoms with Crippen molar-refractivity contribution in [3.63, 3.8) is 0 Å². The molecule has 20 heavy (non-hydrogen) atoms. The molecular formula is C16H18Cl2N2. The molecule has 4 atom stereocenters. The number of nitriles is 1. The van der Waals surface area contributed by atoms with Crippen LogP contribution in [0.2, 0.25) is 10.0 Å². The molecule has 0 spiro atoms. The molecule has 2 fully saturated rings. The number of benzene rings is 1. The molecule has 2 nitrogen and oxygen atoms in total. The van der Waals surface area contributed by atoms with Gasteiger partial charge in [0.15, 0.2) is 0 Å². The summed E-state index contributed by atoms with van der Waals surface area (Å²) in [5.74, 6) is 0.682. The number of hydrogen-bond donors (Lipinski definition) is 0. The van der Waals surface area contributed by atoms with E-state index in [0.717, 1.165) is 19.3 Å². The number of nitrogens with zero attached hydrogens (tertiary/aromatic N) is 2. The van der Waals surface area contributed by atoms with Crippen molar-refractivity contribution in [2.24, 2.45) is 5.92 Å². The average molecular weight is 309 g/mol. The maximum Gasteiger partial charge on any atom is 0.112 e. The third kappa shape index (κ3) is 1.88. The van der Waals surface area contributed by atoms with E-state index < -0.39 is 0 Å². The Morgan fingerprint density at radius 3 is 2.75 bits per heavy atom. The lowest BCUT2D eigenvalue weighted by Crippen LogP contribution is -2.54. The molecule has 0 radical (unpaired) electrons. The second kappa shape index (κ2) is 4.91. The quantitative estimate of drug-likeness (QED) is 0.765. The van der Waals surface area contributed by atoms with Crippen LogP contribution in [0.3, 0.4) is 0 Å². The zero-order valence-corrected chi connectivity index (χ0v) is 13.2. The molecule has 2 heterocycles. The van der Waals surface area contributed by atoms with Crippen LogP contribution in [0, 0.1) is 17.2 Å². The Morgan fingerprint density at radius 1 is 1.35 bits per heavy atom. The summed E-state index contributed by atoms with van der Waals surface area (Å²) in [5.41, 5.74) is 0.895. The van der Waals surface area contributed by atoms with Gasteiger partial charge in [0.25, 0.3) is 0 Å². The number of rotatable bonds is 1. The van der Waals surface area contributed by atoms with Crippen molar-refractivity contribution in [2.45, 2.75) is 43.7 Å². The molecule has 0 N–H and O–H groups in total. The van der Waals surface area contributed by atoms with Crippen molar-refractivity contribution < 1.29 is 0 Å². The van der Waals surface area contributed by atoms with Gasteiger partial charge in [0.05, 0.1) is 16.1 Å². The van der Waals surface area contributed by atoms with E-state index in [0.29, 0.717) is 27.9 Å². The Balaban J connectivity index is 2.00. The highest BCUT2D eigenvalue weighted by atomic mass is 35.5. The van der Waals surface area contributed by atoms with Crippen molar-refractivity contribution in [1.29, 1.82) is 5.26 Å². The lowest BCUT2D eigenvalue weighted by Gasteiger charge is -2.47. The van der Waals surface area contributed by atoms with Crippen LogP contribution in [0.5, 0.6) is 0 Å². The zero-order chi connectivity index (χ0) is 14.5. The lowest BCUT2D eigenvalue weighted by molar-refractivity contribution is 0.0597. The molecule has 0 amide bonds. The van der Waals surface area contributed by atoms with Crippen molar-refractivity contribution in [1.82, 2.24) is 4.90 Å². The van der Waals surface area contributed by atoms with Crippen LogP contribution in [-0.4, -0.2) is 23.5 Å². The molecule has 3 rings (SSSR count). The summed E-state index contributed by atoms with van der Waals surface area (Å²) in [6, 6.07) is 9.01. The van der Waals surface area contributed by atoms with Crippen molar-refractivity contribution in [3.8, 4) is 6.07 Å². The Kier molecular flexibility index (Phi) is 3.49. The summed E-state index contributed by atoms with van der Waals surface area (Å²) >= 11 is 12.2. The summed E-state index contributed by atoms with van der Waals surface area (Å²) in [6.45, 7) is 2.20. The van der Waals surface area contributed by atoms with E-state index in [1.54, 1.807) is 0 Å². The summed E-state index contributed by atoms with van der Waals surface area (Å²) < 4.78 is 0. The van der Waals surface area contributed by atoms with E-state index in [-0.39, 0.29) is 5.54 Å². The maximum atomic E-state index is 9.73. The zero-order valence-electron chi connectivity index (χ0n) is 11.7. The Labute approximate surface area is 130 Å². The van der Waals surface area contributed by atoms with Crippen LogP contribution in [0.15, 0.2) is 18.2 Å². The largest absolute Gasteiger partial charge is 0.285 e. The van der Waals surface area contributed by atoms with Crippen molar-refractivity contribution in [2.75, 3.05) is 7.05 Å². The molecule has 2 saturated heterocycles. The molecule has 0 unspecified atom stereocenters. The molecule has 0 saturated carbocycles. The molecule has 1 aromatic carbocycles. The van der Waals surface area contributed by atoms with Crippen LogP contribution in [0.1, 0.15) is 37.7 Å². The predicted molar refractivity (Wildman–Crippen MR) is 82.1 cm³/mol. The highest BCUT2D eigenvalue weighted by Crippen LogP contribution is 2.52. The van der Waals surface area contributed by atoms with Crippen LogP contribution >= 0.6 is 23.2 Å². The fourth-order valence-corrected chi connectivity index (χ4v) is 4.45. The minimum Gasteiger partial charge on any atom is -0.285 e. The van der Waals surface area contributed by atoms with E-state index in [1.165, 1.54) is 5.56 Å². The molecule has 0 aromatic heterocycles. The summed E-state index contributed by atoms with van der Waals surface area (Å²) in [5, 5.41) is 10.9. The first-order valence-corrected chi connectivity index (χ1v) is 7.84. The van der Waals surface area contributed by atoms with E-state index >= 15 is 0 Å². The first-order valence-electron chi connectivity index (χ1n) is 7.08. The minimum atomic E-state index is -0.320. The van der Waals surface area contributed by atoms with Gasteiger partial charge in [-0.1, -0.05) is 36.2 Å². The molecule has 4 heteroatoms. The molecule has 1 aromatic rings. The molecule has 2 bridgehead atoms. The van der Waals surface area contributed by atoms with E-state index in [2.05, 4.69) is 31.0 Å². The average Bonchev–Trinajstić information content (AvgIpc) is 2.67. The fraction of sp³-hybridized carbons (Fsp3) is 0.562. The first-order chi connectivity index (χ1) is 9.49. The van der Waals surface area contributed by atoms with Crippen LogP contribution < -0.4 is 0 Å². The number of halogens is 2. The summed E-state index contributed by atoms with van der Waals surface area (Å²) in [4.78, 5) is 2.30. The fourth-order valence-electron chi connectivity index (χ4n) is 4.14. The summed E-state index contributed by atoms with van der Waals surface area (Å²) in [7, 11) is 2.10. The lowest BCUT2D eigenvalue weighted by atomic mass is 9.70. The standard InChI is InChI=1S/C16H18Cl2N2/c1-10-13(11-3-4-14(17)15(18)7-11)8-12-5-6-16(10,9-19)20(12)2/h3-4,7,10,12-13H,5-6,8H2,1-2H3/t10-,12+,13+,16+/m1/s1. The van der Waals surface area contributed by atoms with Crippen molar-refractivity contribution in [3.05, 3.63) is 33.8 Å². The van der Waals surface area contributed by atoms with Gasteiger partial charge >= 0.3 is 0 Å². The predicted octanol–water partition coefficient (Wildman–Crippen LogP) is 4.47. The van der Waals surface area contributed by atoms with Crippen molar-refractivity contribution >= 4 is 23.2 Å². The molecule has 2 aliphatic heterocycles. The van der Waals surface area contributed by atoms with Gasteiger partial charge in [0, 0.05) is 6.04 Å². The minimum absolute atomic E-state index is 0.300.